The average molecular weight is 502 g/mol. The first-order valence-electron chi connectivity index (χ1n) is 12.1. The number of carboxylic acid groups (broad SMARTS) is 1. The zero-order valence-electron chi connectivity index (χ0n) is 19.4. The van der Waals surface area contributed by atoms with E-state index in [9.17, 15) is 18.8 Å². The summed E-state index contributed by atoms with van der Waals surface area (Å²) >= 11 is 6.32. The zero-order valence-corrected chi connectivity index (χ0v) is 20.2. The molecule has 2 aromatic carbocycles. The highest BCUT2D eigenvalue weighted by molar-refractivity contribution is 6.34. The van der Waals surface area contributed by atoms with Crippen molar-refractivity contribution >= 4 is 29.3 Å². The molecule has 1 amide bonds. The summed E-state index contributed by atoms with van der Waals surface area (Å²) in [6, 6.07) is 9.68. The standard InChI is InChI=1S/C27H29ClFNO5/c28-23-15-20(35-19-8-5-17(6-9-19)27(33)34)10-12-21(23)25(31)2-1-13-30-26(32)22-11-7-18(14-24(22)29)16-3-4-16/h7,10-12,14-17,19H,1-6,8-9,13H2,(H,30,32)(H,33,34). The molecule has 0 atom stereocenters. The molecule has 2 aromatic rings. The lowest BCUT2D eigenvalue weighted by molar-refractivity contribution is -0.143. The first kappa shape index (κ1) is 25.2. The number of hydrogen-bond donors (Lipinski definition) is 2. The van der Waals surface area contributed by atoms with E-state index in [1.165, 1.54) is 12.1 Å². The molecular weight excluding hydrogens is 473 g/mol. The molecule has 0 heterocycles. The van der Waals surface area contributed by atoms with Gasteiger partial charge in [-0.25, -0.2) is 4.39 Å². The first-order valence-corrected chi connectivity index (χ1v) is 12.5. The van der Waals surface area contributed by atoms with E-state index in [1.807, 2.05) is 0 Å². The van der Waals surface area contributed by atoms with Gasteiger partial charge in [0.25, 0.3) is 5.91 Å². The van der Waals surface area contributed by atoms with Crippen LogP contribution in [0.1, 0.15) is 83.6 Å². The fourth-order valence-electron chi connectivity index (χ4n) is 4.48. The molecule has 0 saturated heterocycles. The maximum atomic E-state index is 14.3. The fourth-order valence-corrected chi connectivity index (χ4v) is 4.76. The minimum absolute atomic E-state index is 0.0100. The number of carboxylic acids is 1. The molecule has 0 aromatic heterocycles. The SMILES string of the molecule is O=C(NCCCC(=O)c1ccc(OC2CCC(C(=O)O)CC2)cc1Cl)c1ccc(C2CC2)cc1F. The van der Waals surface area contributed by atoms with Crippen molar-refractivity contribution in [2.24, 2.45) is 5.92 Å². The van der Waals surface area contributed by atoms with Gasteiger partial charge in [0.1, 0.15) is 11.6 Å². The summed E-state index contributed by atoms with van der Waals surface area (Å²) in [5, 5.41) is 12.1. The number of carbonyl (C=O) groups excluding carboxylic acids is 2. The van der Waals surface area contributed by atoms with Crippen molar-refractivity contribution < 1.29 is 28.6 Å². The molecule has 6 nitrogen and oxygen atoms in total. The molecule has 2 aliphatic rings. The minimum atomic E-state index is -0.761. The second-order valence-electron chi connectivity index (χ2n) is 9.37. The summed E-state index contributed by atoms with van der Waals surface area (Å²) in [6.45, 7) is 0.242. The van der Waals surface area contributed by atoms with Gasteiger partial charge in [-0.05, 0) is 86.8 Å². The molecule has 0 unspecified atom stereocenters. The Balaban J connectivity index is 1.22. The van der Waals surface area contributed by atoms with Crippen LogP contribution in [0.3, 0.4) is 0 Å². The van der Waals surface area contributed by atoms with Gasteiger partial charge in [-0.15, -0.1) is 0 Å². The number of aliphatic carboxylic acids is 1. The van der Waals surface area contributed by atoms with Crippen LogP contribution in [0.4, 0.5) is 4.39 Å². The van der Waals surface area contributed by atoms with Crippen molar-refractivity contribution in [3.05, 3.63) is 63.9 Å². The summed E-state index contributed by atoms with van der Waals surface area (Å²) in [5.41, 5.74) is 1.32. The summed E-state index contributed by atoms with van der Waals surface area (Å²) in [6.07, 6.45) is 5.13. The summed E-state index contributed by atoms with van der Waals surface area (Å²) in [5.74, 6) is -1.27. The van der Waals surface area contributed by atoms with Crippen molar-refractivity contribution in [2.75, 3.05) is 6.54 Å². The number of ketones is 1. The molecule has 0 spiro atoms. The molecule has 0 radical (unpaired) electrons. The number of ether oxygens (including phenoxy) is 1. The Labute approximate surface area is 208 Å². The van der Waals surface area contributed by atoms with Crippen LogP contribution in [0.25, 0.3) is 0 Å². The van der Waals surface area contributed by atoms with Gasteiger partial charge in [0.05, 0.1) is 22.6 Å². The minimum Gasteiger partial charge on any atom is -0.490 e. The largest absolute Gasteiger partial charge is 0.490 e. The Bertz CT molecular complexity index is 1110. The third-order valence-corrected chi connectivity index (χ3v) is 7.03. The van der Waals surface area contributed by atoms with Crippen LogP contribution in [0.15, 0.2) is 36.4 Å². The number of amides is 1. The van der Waals surface area contributed by atoms with E-state index >= 15 is 0 Å². The quantitative estimate of drug-likeness (QED) is 0.318. The first-order chi connectivity index (χ1) is 16.8. The molecule has 2 N–H and O–H groups in total. The molecule has 35 heavy (non-hydrogen) atoms. The molecule has 2 saturated carbocycles. The predicted molar refractivity (Wildman–Crippen MR) is 130 cm³/mol. The fraction of sp³-hybridized carbons (Fsp3) is 0.444. The lowest BCUT2D eigenvalue weighted by Gasteiger charge is -2.26. The predicted octanol–water partition coefficient (Wildman–Crippen LogP) is 5.77. The normalized spacial score (nSPS) is 19.7. The monoisotopic (exact) mass is 501 g/mol. The molecule has 8 heteroatoms. The topological polar surface area (TPSA) is 92.7 Å². The molecule has 2 aliphatic carbocycles. The number of nitrogens with one attached hydrogen (secondary N) is 1. The third kappa shape index (κ3) is 6.60. The van der Waals surface area contributed by atoms with E-state index < -0.39 is 17.7 Å². The number of rotatable bonds is 10. The molecule has 186 valence electrons. The van der Waals surface area contributed by atoms with Gasteiger partial charge >= 0.3 is 5.97 Å². The molecule has 0 bridgehead atoms. The number of carbonyl (C=O) groups is 3. The van der Waals surface area contributed by atoms with Crippen molar-refractivity contribution in [1.82, 2.24) is 5.32 Å². The van der Waals surface area contributed by atoms with E-state index in [0.29, 0.717) is 49.3 Å². The molecule has 0 aliphatic heterocycles. The van der Waals surface area contributed by atoms with E-state index in [-0.39, 0.29) is 41.4 Å². The molecule has 2 fully saturated rings. The maximum absolute atomic E-state index is 14.3. The second kappa shape index (κ2) is 11.2. The van der Waals surface area contributed by atoms with Crippen molar-refractivity contribution in [2.45, 2.75) is 63.4 Å². The number of halogens is 2. The van der Waals surface area contributed by atoms with E-state index in [1.54, 1.807) is 24.3 Å². The number of hydrogen-bond acceptors (Lipinski definition) is 4. The van der Waals surface area contributed by atoms with Crippen LogP contribution in [0, 0.1) is 11.7 Å². The van der Waals surface area contributed by atoms with Crippen LogP contribution in [0.2, 0.25) is 5.02 Å². The second-order valence-corrected chi connectivity index (χ2v) is 9.77. The Morgan fingerprint density at radius 3 is 2.34 bits per heavy atom. The lowest BCUT2D eigenvalue weighted by atomic mass is 9.87. The maximum Gasteiger partial charge on any atom is 0.306 e. The van der Waals surface area contributed by atoms with Crippen LogP contribution in [-0.2, 0) is 4.79 Å². The van der Waals surface area contributed by atoms with Crippen LogP contribution in [-0.4, -0.2) is 35.4 Å². The van der Waals surface area contributed by atoms with E-state index in [4.69, 9.17) is 21.4 Å². The smallest absolute Gasteiger partial charge is 0.306 e. The van der Waals surface area contributed by atoms with Gasteiger partial charge in [0.2, 0.25) is 0 Å². The summed E-state index contributed by atoms with van der Waals surface area (Å²) < 4.78 is 20.2. The highest BCUT2D eigenvalue weighted by atomic mass is 35.5. The van der Waals surface area contributed by atoms with E-state index in [0.717, 1.165) is 18.4 Å². The van der Waals surface area contributed by atoms with Gasteiger partial charge in [-0.2, -0.15) is 0 Å². The van der Waals surface area contributed by atoms with Crippen LogP contribution >= 0.6 is 11.6 Å². The molecular formula is C27H29ClFNO5. The zero-order chi connectivity index (χ0) is 24.9. The highest BCUT2D eigenvalue weighted by Crippen LogP contribution is 2.40. The Morgan fingerprint density at radius 1 is 1.00 bits per heavy atom. The third-order valence-electron chi connectivity index (χ3n) is 6.72. The lowest BCUT2D eigenvalue weighted by Crippen LogP contribution is -2.27. The van der Waals surface area contributed by atoms with E-state index in [2.05, 4.69) is 5.32 Å². The van der Waals surface area contributed by atoms with Gasteiger partial charge in [-0.1, -0.05) is 17.7 Å². The Kier molecular flexibility index (Phi) is 8.06. The van der Waals surface area contributed by atoms with Crippen molar-refractivity contribution in [3.63, 3.8) is 0 Å². The van der Waals surface area contributed by atoms with Crippen molar-refractivity contribution in [3.8, 4) is 5.75 Å². The number of Topliss-reactive ketones (excluding diaryl/α,β-unsaturated/α-hetero) is 1. The van der Waals surface area contributed by atoms with Crippen molar-refractivity contribution in [1.29, 1.82) is 0 Å². The van der Waals surface area contributed by atoms with Gasteiger partial charge in [-0.3, -0.25) is 14.4 Å². The Morgan fingerprint density at radius 2 is 1.71 bits per heavy atom. The number of benzene rings is 2. The summed E-state index contributed by atoms with van der Waals surface area (Å²) in [7, 11) is 0. The Hall–Kier alpha value is -2.93. The molecule has 4 rings (SSSR count). The van der Waals surface area contributed by atoms with Crippen LogP contribution in [0.5, 0.6) is 5.75 Å². The van der Waals surface area contributed by atoms with Crippen LogP contribution < -0.4 is 10.1 Å². The summed E-state index contributed by atoms with van der Waals surface area (Å²) in [4.78, 5) is 36.0. The highest BCUT2D eigenvalue weighted by Gasteiger charge is 2.27. The average Bonchev–Trinajstić information content (AvgIpc) is 3.67. The van der Waals surface area contributed by atoms with Gasteiger partial charge in [0.15, 0.2) is 5.78 Å². The van der Waals surface area contributed by atoms with Gasteiger partial charge in [0, 0.05) is 18.5 Å². The van der Waals surface area contributed by atoms with Gasteiger partial charge < -0.3 is 15.2 Å².